The van der Waals surface area contributed by atoms with Gasteiger partial charge in [-0.1, -0.05) is 0 Å². The highest BCUT2D eigenvalue weighted by Crippen LogP contribution is 2.15. The van der Waals surface area contributed by atoms with Crippen molar-refractivity contribution in [3.8, 4) is 5.75 Å². The van der Waals surface area contributed by atoms with Crippen LogP contribution in [-0.2, 0) is 9.59 Å². The number of nitrogens with one attached hydrogen (secondary N) is 1. The maximum absolute atomic E-state index is 11.3. The van der Waals surface area contributed by atoms with Crippen LogP contribution in [0.1, 0.15) is 6.92 Å². The van der Waals surface area contributed by atoms with Gasteiger partial charge in [-0.25, -0.2) is 0 Å². The molecule has 1 aromatic carbocycles. The van der Waals surface area contributed by atoms with E-state index in [9.17, 15) is 9.59 Å². The predicted octanol–water partition coefficient (Wildman–Crippen LogP) is 1.11. The smallest absolute Gasteiger partial charge is 0.259 e. The molecule has 5 heteroatoms. The maximum atomic E-state index is 11.3. The lowest BCUT2D eigenvalue weighted by molar-refractivity contribution is -0.130. The summed E-state index contributed by atoms with van der Waals surface area (Å²) in [5.74, 6) is 0.367. The molecule has 0 unspecified atom stereocenters. The maximum Gasteiger partial charge on any atom is 0.259 e. The van der Waals surface area contributed by atoms with Gasteiger partial charge in [0.25, 0.3) is 5.91 Å². The Morgan fingerprint density at radius 3 is 2.29 bits per heavy atom. The van der Waals surface area contributed by atoms with Crippen molar-refractivity contribution in [2.24, 2.45) is 0 Å². The molecule has 2 amide bonds. The van der Waals surface area contributed by atoms with Crippen molar-refractivity contribution in [3.63, 3.8) is 0 Å². The fraction of sp³-hybridized carbons (Fsp3) is 0.333. The summed E-state index contributed by atoms with van der Waals surface area (Å²) in [6, 6.07) is 6.84. The second kappa shape index (κ2) is 5.89. The molecule has 0 fully saturated rings. The van der Waals surface area contributed by atoms with Crippen LogP contribution in [0.3, 0.4) is 0 Å². The van der Waals surface area contributed by atoms with Crippen LogP contribution in [0.15, 0.2) is 24.3 Å². The zero-order valence-electron chi connectivity index (χ0n) is 10.2. The van der Waals surface area contributed by atoms with Crippen LogP contribution in [0.25, 0.3) is 0 Å². The predicted molar refractivity (Wildman–Crippen MR) is 64.9 cm³/mol. The number of amides is 2. The average Bonchev–Trinajstić information content (AvgIpc) is 2.26. The van der Waals surface area contributed by atoms with E-state index >= 15 is 0 Å². The van der Waals surface area contributed by atoms with Gasteiger partial charge >= 0.3 is 0 Å². The van der Waals surface area contributed by atoms with Gasteiger partial charge in [0.05, 0.1) is 0 Å². The topological polar surface area (TPSA) is 58.6 Å². The van der Waals surface area contributed by atoms with Gasteiger partial charge in [-0.15, -0.1) is 0 Å². The minimum Gasteiger partial charge on any atom is -0.484 e. The number of hydrogen-bond donors (Lipinski definition) is 1. The van der Waals surface area contributed by atoms with Gasteiger partial charge in [-0.3, -0.25) is 9.59 Å². The third kappa shape index (κ3) is 4.55. The van der Waals surface area contributed by atoms with Crippen molar-refractivity contribution in [3.05, 3.63) is 24.3 Å². The number of rotatable bonds is 4. The fourth-order valence-electron chi connectivity index (χ4n) is 1.11. The van der Waals surface area contributed by atoms with Gasteiger partial charge < -0.3 is 15.0 Å². The Morgan fingerprint density at radius 2 is 1.82 bits per heavy atom. The molecule has 0 aromatic heterocycles. The first-order valence-corrected chi connectivity index (χ1v) is 5.19. The van der Waals surface area contributed by atoms with E-state index < -0.39 is 0 Å². The van der Waals surface area contributed by atoms with E-state index in [0.29, 0.717) is 11.4 Å². The van der Waals surface area contributed by atoms with E-state index in [0.717, 1.165) is 0 Å². The summed E-state index contributed by atoms with van der Waals surface area (Å²) in [5.41, 5.74) is 0.698. The van der Waals surface area contributed by atoms with Crippen molar-refractivity contribution in [1.29, 1.82) is 0 Å². The molecule has 0 bridgehead atoms. The second-order valence-corrected chi connectivity index (χ2v) is 3.78. The number of anilines is 1. The molecule has 0 spiro atoms. The number of benzene rings is 1. The standard InChI is InChI=1S/C12H16N2O3/c1-9(15)13-10-4-6-11(7-5-10)17-8-12(16)14(2)3/h4-7H,8H2,1-3H3,(H,13,15). The van der Waals surface area contributed by atoms with Crippen molar-refractivity contribution >= 4 is 17.5 Å². The minimum absolute atomic E-state index is 0.00643. The van der Waals surface area contributed by atoms with Crippen molar-refractivity contribution in [2.75, 3.05) is 26.0 Å². The first kappa shape index (κ1) is 13.0. The molecule has 17 heavy (non-hydrogen) atoms. The molecule has 92 valence electrons. The highest BCUT2D eigenvalue weighted by molar-refractivity contribution is 5.88. The van der Waals surface area contributed by atoms with Crippen LogP contribution in [0.4, 0.5) is 5.69 Å². The number of likely N-dealkylation sites (N-methyl/N-ethyl adjacent to an activating group) is 1. The van der Waals surface area contributed by atoms with E-state index in [1.54, 1.807) is 38.4 Å². The van der Waals surface area contributed by atoms with Crippen molar-refractivity contribution < 1.29 is 14.3 Å². The first-order chi connectivity index (χ1) is 7.99. The molecular weight excluding hydrogens is 220 g/mol. The summed E-state index contributed by atoms with van der Waals surface area (Å²) in [6.07, 6.45) is 0. The number of hydrogen-bond acceptors (Lipinski definition) is 3. The Kier molecular flexibility index (Phi) is 4.51. The van der Waals surface area contributed by atoms with Crippen LogP contribution < -0.4 is 10.1 Å². The molecular formula is C12H16N2O3. The van der Waals surface area contributed by atoms with Crippen molar-refractivity contribution in [2.45, 2.75) is 6.92 Å². The molecule has 1 N–H and O–H groups in total. The highest BCUT2D eigenvalue weighted by atomic mass is 16.5. The molecule has 0 aliphatic heterocycles. The molecule has 0 saturated carbocycles. The van der Waals surface area contributed by atoms with Crippen LogP contribution in [0, 0.1) is 0 Å². The molecule has 1 aromatic rings. The first-order valence-electron chi connectivity index (χ1n) is 5.19. The lowest BCUT2D eigenvalue weighted by Crippen LogP contribution is -2.27. The van der Waals surface area contributed by atoms with E-state index in [1.165, 1.54) is 11.8 Å². The van der Waals surface area contributed by atoms with Crippen LogP contribution in [0.2, 0.25) is 0 Å². The number of carbonyl (C=O) groups is 2. The van der Waals surface area contributed by atoms with Crippen LogP contribution >= 0.6 is 0 Å². The third-order valence-electron chi connectivity index (χ3n) is 2.04. The average molecular weight is 236 g/mol. The molecule has 0 heterocycles. The minimum atomic E-state index is -0.124. The number of nitrogens with zero attached hydrogens (tertiary/aromatic N) is 1. The van der Waals surface area contributed by atoms with E-state index in [2.05, 4.69) is 5.32 Å². The summed E-state index contributed by atoms with van der Waals surface area (Å²) in [6.45, 7) is 1.45. The highest BCUT2D eigenvalue weighted by Gasteiger charge is 2.04. The normalized spacial score (nSPS) is 9.59. The summed E-state index contributed by atoms with van der Waals surface area (Å²) >= 11 is 0. The van der Waals surface area contributed by atoms with Gasteiger partial charge in [0.2, 0.25) is 5.91 Å². The Bertz CT molecular complexity index is 399. The molecule has 1 rings (SSSR count). The SMILES string of the molecule is CC(=O)Nc1ccc(OCC(=O)N(C)C)cc1. The number of carbonyl (C=O) groups excluding carboxylic acids is 2. The lowest BCUT2D eigenvalue weighted by Gasteiger charge is -2.11. The Balaban J connectivity index is 2.51. The second-order valence-electron chi connectivity index (χ2n) is 3.78. The Hall–Kier alpha value is -2.04. The molecule has 5 nitrogen and oxygen atoms in total. The van der Waals surface area contributed by atoms with Crippen molar-refractivity contribution in [1.82, 2.24) is 4.90 Å². The van der Waals surface area contributed by atoms with Gasteiger partial charge in [-0.2, -0.15) is 0 Å². The van der Waals surface area contributed by atoms with Crippen LogP contribution in [0.5, 0.6) is 5.75 Å². The summed E-state index contributed by atoms with van der Waals surface area (Å²) in [5, 5.41) is 2.65. The van der Waals surface area contributed by atoms with Gasteiger partial charge in [0, 0.05) is 26.7 Å². The van der Waals surface area contributed by atoms with Gasteiger partial charge in [0.1, 0.15) is 5.75 Å². The van der Waals surface area contributed by atoms with Gasteiger partial charge in [-0.05, 0) is 24.3 Å². The molecule has 0 aliphatic carbocycles. The Labute approximate surface area is 100 Å². The molecule has 0 saturated heterocycles. The summed E-state index contributed by atoms with van der Waals surface area (Å²) in [7, 11) is 3.34. The lowest BCUT2D eigenvalue weighted by atomic mass is 10.3. The zero-order chi connectivity index (χ0) is 12.8. The summed E-state index contributed by atoms with van der Waals surface area (Å²) in [4.78, 5) is 23.5. The summed E-state index contributed by atoms with van der Waals surface area (Å²) < 4.78 is 5.29. The number of ether oxygens (including phenoxy) is 1. The van der Waals surface area contributed by atoms with Gasteiger partial charge in [0.15, 0.2) is 6.61 Å². The van der Waals surface area contributed by atoms with E-state index in [-0.39, 0.29) is 18.4 Å². The Morgan fingerprint density at radius 1 is 1.24 bits per heavy atom. The zero-order valence-corrected chi connectivity index (χ0v) is 10.2. The van der Waals surface area contributed by atoms with E-state index in [1.807, 2.05) is 0 Å². The fourth-order valence-corrected chi connectivity index (χ4v) is 1.11. The molecule has 0 aliphatic rings. The molecule has 0 radical (unpaired) electrons. The van der Waals surface area contributed by atoms with E-state index in [4.69, 9.17) is 4.74 Å². The largest absolute Gasteiger partial charge is 0.484 e. The quantitative estimate of drug-likeness (QED) is 0.852. The monoisotopic (exact) mass is 236 g/mol. The molecule has 0 atom stereocenters. The van der Waals surface area contributed by atoms with Crippen LogP contribution in [-0.4, -0.2) is 37.4 Å². The third-order valence-corrected chi connectivity index (χ3v) is 2.04.